The van der Waals surface area contributed by atoms with Gasteiger partial charge in [-0.3, -0.25) is 0 Å². The third-order valence-corrected chi connectivity index (χ3v) is 3.64. The topological polar surface area (TPSA) is 24.8 Å². The van der Waals surface area contributed by atoms with E-state index in [1.54, 1.807) is 7.11 Å². The Morgan fingerprint density at radius 1 is 1.46 bits per heavy atom. The van der Waals surface area contributed by atoms with Crippen LogP contribution in [0.1, 0.15) is 19.3 Å². The molecule has 2 rings (SSSR count). The van der Waals surface area contributed by atoms with Crippen molar-refractivity contribution in [1.29, 1.82) is 0 Å². The highest BCUT2D eigenvalue weighted by Gasteiger charge is 2.44. The smallest absolute Gasteiger partial charge is 0.152 e. The van der Waals surface area contributed by atoms with Gasteiger partial charge in [-0.2, -0.15) is 0 Å². The van der Waals surface area contributed by atoms with Crippen LogP contribution in [0.3, 0.4) is 0 Å². The van der Waals surface area contributed by atoms with E-state index in [0.29, 0.717) is 5.17 Å². The zero-order valence-corrected chi connectivity index (χ0v) is 8.68. The number of rotatable bonds is 2. The van der Waals surface area contributed by atoms with Gasteiger partial charge >= 0.3 is 0 Å². The van der Waals surface area contributed by atoms with Crippen molar-refractivity contribution in [2.24, 2.45) is 10.6 Å². The van der Waals surface area contributed by atoms with Crippen LogP contribution in [0.5, 0.6) is 0 Å². The van der Waals surface area contributed by atoms with Crippen molar-refractivity contribution in [2.45, 2.75) is 19.3 Å². The van der Waals surface area contributed by atoms with Gasteiger partial charge in [0, 0.05) is 12.0 Å². The Morgan fingerprint density at radius 3 is 3.08 bits per heavy atom. The molecule has 3 nitrogen and oxygen atoms in total. The summed E-state index contributed by atoms with van der Waals surface area (Å²) in [6.07, 6.45) is 3.53. The minimum Gasteiger partial charge on any atom is -0.398 e. The van der Waals surface area contributed by atoms with Crippen molar-refractivity contribution in [3.05, 3.63) is 0 Å². The maximum absolute atomic E-state index is 6.14. The number of halogens is 1. The van der Waals surface area contributed by atoms with Crippen LogP contribution in [0.2, 0.25) is 0 Å². The zero-order valence-electron chi connectivity index (χ0n) is 7.92. The van der Waals surface area contributed by atoms with E-state index in [2.05, 4.69) is 10.1 Å². The average molecular weight is 203 g/mol. The quantitative estimate of drug-likeness (QED) is 0.503. The minimum atomic E-state index is 0.121. The first kappa shape index (κ1) is 9.28. The Hall–Kier alpha value is -0.280. The van der Waals surface area contributed by atoms with Gasteiger partial charge in [0.25, 0.3) is 0 Å². The fraction of sp³-hybridized carbons (Fsp3) is 0.889. The first-order chi connectivity index (χ1) is 6.27. The first-order valence-corrected chi connectivity index (χ1v) is 5.14. The van der Waals surface area contributed by atoms with Gasteiger partial charge in [0.1, 0.15) is 7.11 Å². The van der Waals surface area contributed by atoms with Crippen LogP contribution in [0.25, 0.3) is 0 Å². The number of fused-ring (bicyclic) bond motifs is 2. The molecule has 2 saturated heterocycles. The van der Waals surface area contributed by atoms with E-state index in [1.165, 1.54) is 13.0 Å². The van der Waals surface area contributed by atoms with E-state index in [9.17, 15) is 0 Å². The number of nitrogens with zero attached hydrogens (tertiary/aromatic N) is 2. The lowest BCUT2D eigenvalue weighted by molar-refractivity contribution is 0.199. The summed E-state index contributed by atoms with van der Waals surface area (Å²) >= 11 is 6.14. The monoisotopic (exact) mass is 202 g/mol. The van der Waals surface area contributed by atoms with Crippen LogP contribution < -0.4 is 0 Å². The molecule has 0 amide bonds. The number of hydrogen-bond acceptors (Lipinski definition) is 3. The van der Waals surface area contributed by atoms with Gasteiger partial charge in [-0.05, 0) is 32.4 Å². The van der Waals surface area contributed by atoms with Crippen LogP contribution >= 0.6 is 11.6 Å². The molecule has 0 aliphatic carbocycles. The SMILES string of the molecule is CO/N=C(\Cl)C12CCCN(CC1)C2. The molecular formula is C9H15ClN2O. The van der Waals surface area contributed by atoms with Crippen molar-refractivity contribution in [1.82, 2.24) is 4.90 Å². The molecule has 0 aromatic carbocycles. The van der Waals surface area contributed by atoms with Gasteiger partial charge in [0.2, 0.25) is 0 Å². The second-order valence-corrected chi connectivity index (χ2v) is 4.33. The Bertz CT molecular complexity index is 228. The third-order valence-electron chi connectivity index (χ3n) is 3.17. The Labute approximate surface area is 83.7 Å². The summed E-state index contributed by atoms with van der Waals surface area (Å²) in [5.41, 5.74) is 0.121. The summed E-state index contributed by atoms with van der Waals surface area (Å²) in [4.78, 5) is 7.20. The van der Waals surface area contributed by atoms with E-state index in [-0.39, 0.29) is 5.41 Å². The summed E-state index contributed by atoms with van der Waals surface area (Å²) in [6, 6.07) is 0. The molecule has 4 heteroatoms. The molecule has 2 aliphatic heterocycles. The average Bonchev–Trinajstić information content (AvgIpc) is 2.44. The number of piperidine rings is 1. The third kappa shape index (κ3) is 1.55. The lowest BCUT2D eigenvalue weighted by atomic mass is 9.82. The molecule has 2 atom stereocenters. The fourth-order valence-corrected chi connectivity index (χ4v) is 2.76. The van der Waals surface area contributed by atoms with E-state index in [4.69, 9.17) is 16.4 Å². The molecule has 2 heterocycles. The van der Waals surface area contributed by atoms with Crippen molar-refractivity contribution in [3.8, 4) is 0 Å². The lowest BCUT2D eigenvalue weighted by Crippen LogP contribution is -2.37. The molecule has 74 valence electrons. The van der Waals surface area contributed by atoms with Crippen molar-refractivity contribution in [2.75, 3.05) is 26.7 Å². The van der Waals surface area contributed by atoms with Crippen molar-refractivity contribution in [3.63, 3.8) is 0 Å². The highest BCUT2D eigenvalue weighted by molar-refractivity contribution is 6.66. The molecule has 0 aromatic rings. The van der Waals surface area contributed by atoms with Gasteiger partial charge in [-0.1, -0.05) is 16.8 Å². The Balaban J connectivity index is 2.15. The van der Waals surface area contributed by atoms with E-state index < -0.39 is 0 Å². The van der Waals surface area contributed by atoms with Gasteiger partial charge in [-0.25, -0.2) is 0 Å². The Kier molecular flexibility index (Phi) is 2.47. The normalized spacial score (nSPS) is 39.2. The lowest BCUT2D eigenvalue weighted by Gasteiger charge is -2.31. The van der Waals surface area contributed by atoms with E-state index >= 15 is 0 Å². The number of oxime groups is 1. The summed E-state index contributed by atoms with van der Waals surface area (Å²) in [5, 5.41) is 4.54. The maximum Gasteiger partial charge on any atom is 0.152 e. The zero-order chi connectivity index (χ0) is 9.31. The van der Waals surface area contributed by atoms with Gasteiger partial charge in [0.15, 0.2) is 5.17 Å². The number of hydrogen-bond donors (Lipinski definition) is 0. The molecule has 2 aliphatic rings. The van der Waals surface area contributed by atoms with Crippen LogP contribution in [0.4, 0.5) is 0 Å². The molecule has 0 radical (unpaired) electrons. The predicted octanol–water partition coefficient (Wildman–Crippen LogP) is 1.67. The highest BCUT2D eigenvalue weighted by Crippen LogP contribution is 2.41. The molecule has 13 heavy (non-hydrogen) atoms. The second-order valence-electron chi connectivity index (χ2n) is 3.97. The maximum atomic E-state index is 6.14. The molecule has 0 spiro atoms. The van der Waals surface area contributed by atoms with Gasteiger partial charge in [-0.15, -0.1) is 0 Å². The summed E-state index contributed by atoms with van der Waals surface area (Å²) in [6.45, 7) is 3.45. The molecule has 2 unspecified atom stereocenters. The molecule has 0 N–H and O–H groups in total. The second kappa shape index (κ2) is 3.46. The van der Waals surface area contributed by atoms with Crippen molar-refractivity contribution >= 4 is 16.8 Å². The summed E-state index contributed by atoms with van der Waals surface area (Å²) in [7, 11) is 1.55. The summed E-state index contributed by atoms with van der Waals surface area (Å²) in [5.74, 6) is 0. The van der Waals surface area contributed by atoms with Gasteiger partial charge in [0.05, 0.1) is 0 Å². The van der Waals surface area contributed by atoms with Gasteiger partial charge < -0.3 is 9.74 Å². The molecular weight excluding hydrogens is 188 g/mol. The first-order valence-electron chi connectivity index (χ1n) is 4.76. The van der Waals surface area contributed by atoms with Crippen molar-refractivity contribution < 1.29 is 4.84 Å². The van der Waals surface area contributed by atoms with Crippen LogP contribution in [-0.4, -0.2) is 36.8 Å². The fourth-order valence-electron chi connectivity index (χ4n) is 2.44. The molecule has 2 bridgehead atoms. The molecule has 0 aromatic heterocycles. The highest BCUT2D eigenvalue weighted by atomic mass is 35.5. The summed E-state index contributed by atoms with van der Waals surface area (Å²) < 4.78 is 0. The predicted molar refractivity (Wildman–Crippen MR) is 53.0 cm³/mol. The largest absolute Gasteiger partial charge is 0.398 e. The minimum absolute atomic E-state index is 0.121. The standard InChI is InChI=1S/C9H15ClN2O/c1-13-11-8(10)9-3-2-5-12(7-9)6-4-9/h2-7H2,1H3/b11-8-. The van der Waals surface area contributed by atoms with E-state index in [1.807, 2.05) is 0 Å². The molecule has 2 fully saturated rings. The van der Waals surface area contributed by atoms with E-state index in [0.717, 1.165) is 25.9 Å². The molecule has 0 saturated carbocycles. The van der Waals surface area contributed by atoms with Crippen LogP contribution in [0, 0.1) is 5.41 Å². The van der Waals surface area contributed by atoms with Crippen LogP contribution in [0.15, 0.2) is 5.16 Å². The van der Waals surface area contributed by atoms with Crippen LogP contribution in [-0.2, 0) is 4.84 Å². The Morgan fingerprint density at radius 2 is 2.31 bits per heavy atom.